The molecular formula is C28H31N5O4. The molecule has 0 bridgehead atoms. The molecular weight excluding hydrogens is 470 g/mol. The topological polar surface area (TPSA) is 101 Å². The fraction of sp³-hybridized carbons (Fsp3) is 0.393. The number of carbonyl (C=O) groups excluding carboxylic acids is 1. The Balaban J connectivity index is 1.33. The van der Waals surface area contributed by atoms with Crippen molar-refractivity contribution in [3.05, 3.63) is 69.6 Å². The number of hydrogen-bond donors (Lipinski definition) is 2. The van der Waals surface area contributed by atoms with Gasteiger partial charge in [0.05, 0.1) is 41.9 Å². The summed E-state index contributed by atoms with van der Waals surface area (Å²) in [5.41, 5.74) is 4.90. The summed E-state index contributed by atoms with van der Waals surface area (Å²) in [5.74, 6) is -0.146. The van der Waals surface area contributed by atoms with Gasteiger partial charge in [-0.05, 0) is 49.1 Å². The van der Waals surface area contributed by atoms with Crippen molar-refractivity contribution in [2.45, 2.75) is 32.4 Å². The lowest BCUT2D eigenvalue weighted by Crippen LogP contribution is -2.37. The van der Waals surface area contributed by atoms with Crippen LogP contribution in [0.2, 0.25) is 0 Å². The summed E-state index contributed by atoms with van der Waals surface area (Å²) in [6.07, 6.45) is 3.31. The summed E-state index contributed by atoms with van der Waals surface area (Å²) in [6.45, 7) is 6.75. The molecule has 9 heteroatoms. The molecule has 2 aromatic heterocycles. The highest BCUT2D eigenvalue weighted by atomic mass is 16.5. The molecule has 2 fully saturated rings. The van der Waals surface area contributed by atoms with Gasteiger partial charge in [0.2, 0.25) is 0 Å². The van der Waals surface area contributed by atoms with Crippen LogP contribution in [0.15, 0.2) is 47.4 Å². The molecule has 0 aliphatic carbocycles. The maximum absolute atomic E-state index is 13.4. The van der Waals surface area contributed by atoms with E-state index in [1.54, 1.807) is 6.20 Å². The summed E-state index contributed by atoms with van der Waals surface area (Å²) >= 11 is 0. The van der Waals surface area contributed by atoms with E-state index in [1.807, 2.05) is 35.9 Å². The fourth-order valence-electron chi connectivity index (χ4n) is 5.49. The van der Waals surface area contributed by atoms with Gasteiger partial charge in [0.1, 0.15) is 0 Å². The molecule has 9 nitrogen and oxygen atoms in total. The van der Waals surface area contributed by atoms with Crippen LogP contribution < -0.4 is 15.8 Å². The van der Waals surface area contributed by atoms with Crippen molar-refractivity contribution in [3.63, 3.8) is 0 Å². The monoisotopic (exact) mass is 501 g/mol. The fourth-order valence-corrected chi connectivity index (χ4v) is 5.49. The van der Waals surface area contributed by atoms with E-state index in [9.17, 15) is 9.59 Å². The molecule has 2 N–H and O–H groups in total. The molecule has 2 aliphatic heterocycles. The number of nitrogens with zero attached hydrogens (tertiary/aromatic N) is 3. The number of fused-ring (bicyclic) bond motifs is 3. The van der Waals surface area contributed by atoms with Gasteiger partial charge in [-0.2, -0.15) is 5.10 Å². The van der Waals surface area contributed by atoms with E-state index >= 15 is 0 Å². The Labute approximate surface area is 214 Å². The van der Waals surface area contributed by atoms with Gasteiger partial charge in [-0.3, -0.25) is 14.3 Å². The third kappa shape index (κ3) is 4.49. The van der Waals surface area contributed by atoms with Gasteiger partial charge in [-0.15, -0.1) is 0 Å². The number of morpholine rings is 1. The molecule has 1 amide bonds. The van der Waals surface area contributed by atoms with E-state index in [4.69, 9.17) is 9.47 Å². The van der Waals surface area contributed by atoms with Gasteiger partial charge in [0.25, 0.3) is 11.5 Å². The van der Waals surface area contributed by atoms with Crippen molar-refractivity contribution in [1.29, 1.82) is 0 Å². The molecule has 0 saturated carbocycles. The van der Waals surface area contributed by atoms with Crippen molar-refractivity contribution in [1.82, 2.24) is 20.1 Å². The van der Waals surface area contributed by atoms with Crippen molar-refractivity contribution in [2.24, 2.45) is 0 Å². The second kappa shape index (κ2) is 9.99. The van der Waals surface area contributed by atoms with Crippen LogP contribution in [-0.4, -0.2) is 60.2 Å². The number of hydrogen-bond acceptors (Lipinski definition) is 6. The molecule has 6 rings (SSSR count). The molecule has 2 saturated heterocycles. The number of aryl methyl sites for hydroxylation is 1. The van der Waals surface area contributed by atoms with Crippen LogP contribution in [0.5, 0.6) is 0 Å². The van der Waals surface area contributed by atoms with Crippen LogP contribution in [-0.2, 0) is 16.0 Å². The summed E-state index contributed by atoms with van der Waals surface area (Å²) in [6, 6.07) is 12.1. The average molecular weight is 502 g/mol. The van der Waals surface area contributed by atoms with Crippen molar-refractivity contribution >= 4 is 33.4 Å². The van der Waals surface area contributed by atoms with E-state index < -0.39 is 0 Å². The van der Waals surface area contributed by atoms with Gasteiger partial charge < -0.3 is 24.7 Å². The van der Waals surface area contributed by atoms with Crippen LogP contribution >= 0.6 is 0 Å². The average Bonchev–Trinajstić information content (AvgIpc) is 3.39. The molecule has 0 unspecified atom stereocenters. The first kappa shape index (κ1) is 23.7. The van der Waals surface area contributed by atoms with E-state index in [-0.39, 0.29) is 17.5 Å². The summed E-state index contributed by atoms with van der Waals surface area (Å²) in [5, 5.41) is 9.07. The summed E-state index contributed by atoms with van der Waals surface area (Å²) in [7, 11) is 0. The largest absolute Gasteiger partial charge is 0.381 e. The first-order valence-corrected chi connectivity index (χ1v) is 12.9. The Morgan fingerprint density at radius 1 is 1.08 bits per heavy atom. The molecule has 0 radical (unpaired) electrons. The normalized spacial score (nSPS) is 16.9. The van der Waals surface area contributed by atoms with Crippen LogP contribution in [0.1, 0.15) is 40.4 Å². The van der Waals surface area contributed by atoms with Gasteiger partial charge in [-0.25, -0.2) is 0 Å². The Bertz CT molecular complexity index is 1510. The smallest absolute Gasteiger partial charge is 0.259 e. The number of para-hydroxylation sites is 1. The summed E-state index contributed by atoms with van der Waals surface area (Å²) in [4.78, 5) is 31.5. The quantitative estimate of drug-likeness (QED) is 0.435. The SMILES string of the molecule is Cc1cc2[nH]c(=O)c3cnn(C4CCOCC4)c3c2cc1C(=O)NCc1ccccc1N1CCOCC1. The number of ether oxygens (including phenoxy) is 2. The molecule has 4 aromatic rings. The van der Waals surface area contributed by atoms with Crippen LogP contribution in [0.4, 0.5) is 5.69 Å². The third-order valence-electron chi connectivity index (χ3n) is 7.47. The standard InChI is InChI=1S/C28H31N5O4/c1-18-14-24-22(26-23(28(35)31-24)17-30-33(26)20-6-10-36-11-7-20)15-21(18)27(34)29-16-19-4-2-3-5-25(19)32-8-12-37-13-9-32/h2-5,14-15,17,20H,6-13,16H2,1H3,(H,29,34)(H,31,35). The zero-order chi connectivity index (χ0) is 25.4. The number of benzene rings is 2. The molecule has 2 aromatic carbocycles. The maximum atomic E-state index is 13.4. The number of anilines is 1. The Kier molecular flexibility index (Phi) is 6.40. The molecule has 0 spiro atoms. The number of aromatic nitrogens is 3. The lowest BCUT2D eigenvalue weighted by Gasteiger charge is -2.30. The zero-order valence-electron chi connectivity index (χ0n) is 21.0. The van der Waals surface area contributed by atoms with Gasteiger partial charge in [0, 0.05) is 49.5 Å². The van der Waals surface area contributed by atoms with Gasteiger partial charge in [-0.1, -0.05) is 18.2 Å². The van der Waals surface area contributed by atoms with Crippen molar-refractivity contribution < 1.29 is 14.3 Å². The molecule has 192 valence electrons. The van der Waals surface area contributed by atoms with E-state index in [1.165, 1.54) is 0 Å². The number of aromatic amines is 1. The lowest BCUT2D eigenvalue weighted by molar-refractivity contribution is 0.0675. The van der Waals surface area contributed by atoms with Crippen molar-refractivity contribution in [2.75, 3.05) is 44.4 Å². The first-order valence-electron chi connectivity index (χ1n) is 12.9. The highest BCUT2D eigenvalue weighted by molar-refractivity contribution is 6.07. The first-order chi connectivity index (χ1) is 18.1. The Morgan fingerprint density at radius 3 is 2.65 bits per heavy atom. The van der Waals surface area contributed by atoms with E-state index in [0.29, 0.717) is 49.4 Å². The predicted molar refractivity (Wildman–Crippen MR) is 142 cm³/mol. The van der Waals surface area contributed by atoms with Crippen LogP contribution in [0, 0.1) is 6.92 Å². The predicted octanol–water partition coefficient (Wildman–Crippen LogP) is 3.30. The van der Waals surface area contributed by atoms with Crippen LogP contribution in [0.25, 0.3) is 21.8 Å². The Morgan fingerprint density at radius 2 is 1.84 bits per heavy atom. The maximum Gasteiger partial charge on any atom is 0.259 e. The third-order valence-corrected chi connectivity index (χ3v) is 7.47. The highest BCUT2D eigenvalue weighted by Crippen LogP contribution is 2.30. The number of rotatable bonds is 5. The molecule has 4 heterocycles. The number of amides is 1. The van der Waals surface area contributed by atoms with E-state index in [0.717, 1.165) is 53.6 Å². The summed E-state index contributed by atoms with van der Waals surface area (Å²) < 4.78 is 13.0. The second-order valence-corrected chi connectivity index (χ2v) is 9.77. The van der Waals surface area contributed by atoms with Gasteiger partial charge in [0.15, 0.2) is 0 Å². The molecule has 37 heavy (non-hydrogen) atoms. The molecule has 0 atom stereocenters. The number of carbonyl (C=O) groups is 1. The van der Waals surface area contributed by atoms with Gasteiger partial charge >= 0.3 is 0 Å². The van der Waals surface area contributed by atoms with E-state index in [2.05, 4.69) is 32.4 Å². The minimum absolute atomic E-state index is 0.146. The number of pyridine rings is 1. The highest BCUT2D eigenvalue weighted by Gasteiger charge is 2.22. The minimum atomic E-state index is -0.169. The Hall–Kier alpha value is -3.69. The van der Waals surface area contributed by atoms with Crippen LogP contribution in [0.3, 0.4) is 0 Å². The molecule has 2 aliphatic rings. The lowest BCUT2D eigenvalue weighted by atomic mass is 10.0. The zero-order valence-corrected chi connectivity index (χ0v) is 21.0. The number of H-pyrrole nitrogens is 1. The number of nitrogens with one attached hydrogen (secondary N) is 2. The second-order valence-electron chi connectivity index (χ2n) is 9.77. The minimum Gasteiger partial charge on any atom is -0.381 e. The van der Waals surface area contributed by atoms with Crippen molar-refractivity contribution in [3.8, 4) is 0 Å².